The highest BCUT2D eigenvalue weighted by Gasteiger charge is 2.04. The predicted molar refractivity (Wildman–Crippen MR) is 46.1 cm³/mol. The number of pyridine rings is 1. The van der Waals surface area contributed by atoms with Gasteiger partial charge in [-0.05, 0) is 23.7 Å². The van der Waals surface area contributed by atoms with E-state index in [0.717, 1.165) is 0 Å². The van der Waals surface area contributed by atoms with Crippen molar-refractivity contribution in [2.75, 3.05) is 0 Å². The lowest BCUT2D eigenvalue weighted by Gasteiger charge is -1.90. The van der Waals surface area contributed by atoms with Gasteiger partial charge in [0.05, 0.1) is 18.2 Å². The highest BCUT2D eigenvalue weighted by atomic mass is 35.5. The zero-order valence-corrected chi connectivity index (χ0v) is 7.25. The topological polar surface area (TPSA) is 62.7 Å². The molecule has 0 fully saturated rings. The summed E-state index contributed by atoms with van der Waals surface area (Å²) in [6.45, 7) is 0. The molecule has 0 saturated heterocycles. The van der Waals surface area contributed by atoms with Crippen LogP contribution in [0.1, 0.15) is 5.69 Å². The molecule has 0 atom stereocenters. The Hall–Kier alpha value is -1.60. The fourth-order valence-electron chi connectivity index (χ4n) is 1.01. The number of fused-ring (bicyclic) bond motifs is 1. The van der Waals surface area contributed by atoms with Crippen molar-refractivity contribution < 1.29 is 4.42 Å². The van der Waals surface area contributed by atoms with Crippen LogP contribution in [0.5, 0.6) is 0 Å². The summed E-state index contributed by atoms with van der Waals surface area (Å²) in [6.07, 6.45) is 0.258. The molecule has 2 aromatic heterocycles. The number of hydrogen-bond acceptors (Lipinski definition) is 4. The quantitative estimate of drug-likeness (QED) is 0.694. The summed E-state index contributed by atoms with van der Waals surface area (Å²) in [5.74, 6) is 0. The Balaban J connectivity index is 2.56. The molecule has 5 heteroatoms. The Kier molecular flexibility index (Phi) is 1.87. The van der Waals surface area contributed by atoms with Crippen LogP contribution in [0.25, 0.3) is 11.2 Å². The van der Waals surface area contributed by atoms with Gasteiger partial charge in [0.15, 0.2) is 0 Å². The summed E-state index contributed by atoms with van der Waals surface area (Å²) in [4.78, 5) is 7.92. The first-order valence-corrected chi connectivity index (χ1v) is 3.96. The van der Waals surface area contributed by atoms with Crippen molar-refractivity contribution in [2.45, 2.75) is 6.42 Å². The van der Waals surface area contributed by atoms with E-state index >= 15 is 0 Å². The second kappa shape index (κ2) is 3.04. The number of oxazole rings is 1. The summed E-state index contributed by atoms with van der Waals surface area (Å²) in [6, 6.07) is 5.45. The maximum absolute atomic E-state index is 8.43. The van der Waals surface area contributed by atoms with Crippen LogP contribution < -0.4 is 0 Å². The van der Waals surface area contributed by atoms with Crippen LogP contribution in [-0.4, -0.2) is 9.97 Å². The zero-order valence-electron chi connectivity index (χ0n) is 6.49. The Bertz CT molecular complexity index is 486. The van der Waals surface area contributed by atoms with Crippen LogP contribution >= 0.6 is 11.6 Å². The number of halogens is 1. The summed E-state index contributed by atoms with van der Waals surface area (Å²) in [5, 5.41) is 8.50. The monoisotopic (exact) mass is 193 g/mol. The second-order valence-electron chi connectivity index (χ2n) is 2.43. The molecule has 0 aliphatic heterocycles. The van der Waals surface area contributed by atoms with E-state index in [1.54, 1.807) is 12.1 Å². The first-order valence-electron chi connectivity index (χ1n) is 3.58. The van der Waals surface area contributed by atoms with Gasteiger partial charge >= 0.3 is 0 Å². The Morgan fingerprint density at radius 3 is 3.08 bits per heavy atom. The summed E-state index contributed by atoms with van der Waals surface area (Å²) in [5.41, 5.74) is 1.63. The van der Waals surface area contributed by atoms with Crippen molar-refractivity contribution in [1.82, 2.24) is 9.97 Å². The highest BCUT2D eigenvalue weighted by Crippen LogP contribution is 2.16. The third-order valence-electron chi connectivity index (χ3n) is 1.55. The van der Waals surface area contributed by atoms with Gasteiger partial charge < -0.3 is 4.42 Å². The van der Waals surface area contributed by atoms with Gasteiger partial charge in [-0.3, -0.25) is 0 Å². The van der Waals surface area contributed by atoms with Crippen molar-refractivity contribution in [3.63, 3.8) is 0 Å². The third kappa shape index (κ3) is 1.46. The Morgan fingerprint density at radius 2 is 2.31 bits per heavy atom. The van der Waals surface area contributed by atoms with Gasteiger partial charge in [-0.25, -0.2) is 4.98 Å². The minimum Gasteiger partial charge on any atom is -0.408 e. The second-order valence-corrected chi connectivity index (χ2v) is 2.75. The lowest BCUT2D eigenvalue weighted by Crippen LogP contribution is -1.86. The molecule has 0 bridgehead atoms. The predicted octanol–water partition coefficient (Wildman–Crippen LogP) is 1.94. The standard InChI is InChI=1S/C8H4ClN3O/c9-8-12-6-2-1-5(3-4-10)11-7(6)13-8/h1-2H,3H2. The first kappa shape index (κ1) is 8.02. The molecule has 13 heavy (non-hydrogen) atoms. The molecule has 0 unspecified atom stereocenters. The molecule has 0 aliphatic carbocycles. The van der Waals surface area contributed by atoms with Crippen molar-refractivity contribution in [3.8, 4) is 6.07 Å². The summed E-state index contributed by atoms with van der Waals surface area (Å²) in [7, 11) is 0. The van der Waals surface area contributed by atoms with E-state index in [2.05, 4.69) is 9.97 Å². The van der Waals surface area contributed by atoms with Crippen LogP contribution in [0, 0.1) is 11.3 Å². The average Bonchev–Trinajstić information content (AvgIpc) is 2.44. The molecule has 0 N–H and O–H groups in total. The Labute approximate surface area is 78.8 Å². The molecule has 2 rings (SSSR count). The lowest BCUT2D eigenvalue weighted by molar-refractivity contribution is 0.592. The van der Waals surface area contributed by atoms with Gasteiger partial charge in [0.25, 0.3) is 5.35 Å². The largest absolute Gasteiger partial charge is 0.408 e. The highest BCUT2D eigenvalue weighted by molar-refractivity contribution is 6.28. The maximum Gasteiger partial charge on any atom is 0.294 e. The fourth-order valence-corrected chi connectivity index (χ4v) is 1.17. The number of nitriles is 1. The van der Waals surface area contributed by atoms with E-state index in [1.165, 1.54) is 0 Å². The molecule has 0 aliphatic rings. The van der Waals surface area contributed by atoms with E-state index < -0.39 is 0 Å². The summed E-state index contributed by atoms with van der Waals surface area (Å²) >= 11 is 5.53. The van der Waals surface area contributed by atoms with Crippen molar-refractivity contribution >= 4 is 22.8 Å². The normalized spacial score (nSPS) is 10.2. The van der Waals surface area contributed by atoms with Gasteiger partial charge in [0.1, 0.15) is 5.52 Å². The zero-order chi connectivity index (χ0) is 9.26. The van der Waals surface area contributed by atoms with Crippen LogP contribution in [0.3, 0.4) is 0 Å². The van der Waals surface area contributed by atoms with E-state index in [-0.39, 0.29) is 11.8 Å². The molecule has 0 aromatic carbocycles. The van der Waals surface area contributed by atoms with E-state index in [4.69, 9.17) is 21.3 Å². The fraction of sp³-hybridized carbons (Fsp3) is 0.125. The smallest absolute Gasteiger partial charge is 0.294 e. The number of nitrogens with zero attached hydrogens (tertiary/aromatic N) is 3. The van der Waals surface area contributed by atoms with Crippen molar-refractivity contribution in [3.05, 3.63) is 23.2 Å². The van der Waals surface area contributed by atoms with E-state index in [9.17, 15) is 0 Å². The van der Waals surface area contributed by atoms with Crippen LogP contribution in [0.15, 0.2) is 16.5 Å². The minimum absolute atomic E-state index is 0.0663. The SMILES string of the molecule is N#CCc1ccc2nc(Cl)oc2n1. The maximum atomic E-state index is 8.43. The van der Waals surface area contributed by atoms with Crippen molar-refractivity contribution in [2.24, 2.45) is 0 Å². The minimum atomic E-state index is 0.0663. The number of aromatic nitrogens is 2. The van der Waals surface area contributed by atoms with Gasteiger partial charge in [-0.1, -0.05) is 0 Å². The average molecular weight is 194 g/mol. The van der Waals surface area contributed by atoms with Crippen LogP contribution in [0.2, 0.25) is 5.35 Å². The van der Waals surface area contributed by atoms with E-state index in [1.807, 2.05) is 6.07 Å². The van der Waals surface area contributed by atoms with E-state index in [0.29, 0.717) is 16.9 Å². The third-order valence-corrected chi connectivity index (χ3v) is 1.71. The Morgan fingerprint density at radius 1 is 1.46 bits per heavy atom. The molecule has 0 saturated carbocycles. The van der Waals surface area contributed by atoms with Gasteiger partial charge in [0.2, 0.25) is 5.71 Å². The molecule has 64 valence electrons. The van der Waals surface area contributed by atoms with Crippen molar-refractivity contribution in [1.29, 1.82) is 5.26 Å². The molecular weight excluding hydrogens is 190 g/mol. The molecule has 0 spiro atoms. The number of hydrogen-bond donors (Lipinski definition) is 0. The lowest BCUT2D eigenvalue weighted by atomic mass is 10.3. The molecule has 0 radical (unpaired) electrons. The molecule has 4 nitrogen and oxygen atoms in total. The van der Waals surface area contributed by atoms with Gasteiger partial charge in [-0.15, -0.1) is 0 Å². The van der Waals surface area contributed by atoms with Crippen LogP contribution in [-0.2, 0) is 6.42 Å². The molecule has 2 heterocycles. The number of rotatable bonds is 1. The van der Waals surface area contributed by atoms with Gasteiger partial charge in [0, 0.05) is 0 Å². The molecular formula is C8H4ClN3O. The summed E-state index contributed by atoms with van der Waals surface area (Å²) < 4.78 is 4.99. The van der Waals surface area contributed by atoms with Gasteiger partial charge in [-0.2, -0.15) is 10.2 Å². The molecule has 0 amide bonds. The van der Waals surface area contributed by atoms with Crippen LogP contribution in [0.4, 0.5) is 0 Å². The first-order chi connectivity index (χ1) is 6.29. The molecule has 2 aromatic rings.